The minimum Gasteiger partial charge on any atom is -0.379 e. The summed E-state index contributed by atoms with van der Waals surface area (Å²) in [4.78, 5) is 15.7. The zero-order valence-corrected chi connectivity index (χ0v) is 11.7. The van der Waals surface area contributed by atoms with Crippen LogP contribution in [-0.2, 0) is 4.74 Å². The highest BCUT2D eigenvalue weighted by atomic mass is 32.2. The standard InChI is InChI=1S/C14H19NO2S/c1-11(15-7-9-17-10-8-15)14(16)12-3-5-13(18-2)6-4-12/h3-6,11H,7-10H2,1-2H3. The van der Waals surface area contributed by atoms with Gasteiger partial charge >= 0.3 is 0 Å². The molecule has 0 aliphatic carbocycles. The molecule has 0 spiro atoms. The number of benzene rings is 1. The van der Waals surface area contributed by atoms with E-state index in [1.165, 1.54) is 4.90 Å². The lowest BCUT2D eigenvalue weighted by molar-refractivity contribution is 0.0208. The molecule has 2 rings (SSSR count). The van der Waals surface area contributed by atoms with E-state index >= 15 is 0 Å². The normalized spacial score (nSPS) is 18.6. The van der Waals surface area contributed by atoms with Crippen LogP contribution >= 0.6 is 11.8 Å². The average Bonchev–Trinajstić information content (AvgIpc) is 2.47. The zero-order valence-electron chi connectivity index (χ0n) is 10.9. The van der Waals surface area contributed by atoms with E-state index in [1.54, 1.807) is 11.8 Å². The first-order valence-electron chi connectivity index (χ1n) is 6.22. The summed E-state index contributed by atoms with van der Waals surface area (Å²) in [5.74, 6) is 0.199. The van der Waals surface area contributed by atoms with Crippen molar-refractivity contribution < 1.29 is 9.53 Å². The Kier molecular flexibility index (Phi) is 4.80. The Hall–Kier alpha value is -0.840. The Morgan fingerprint density at radius 1 is 1.28 bits per heavy atom. The number of carbonyl (C=O) groups is 1. The van der Waals surface area contributed by atoms with E-state index in [0.29, 0.717) is 0 Å². The first kappa shape index (κ1) is 13.6. The Labute approximate surface area is 113 Å². The fraction of sp³-hybridized carbons (Fsp3) is 0.500. The molecule has 3 nitrogen and oxygen atoms in total. The first-order valence-corrected chi connectivity index (χ1v) is 7.45. The number of hydrogen-bond donors (Lipinski definition) is 0. The van der Waals surface area contributed by atoms with Gasteiger partial charge in [0.25, 0.3) is 0 Å². The molecule has 1 unspecified atom stereocenters. The number of morpholine rings is 1. The maximum Gasteiger partial charge on any atom is 0.179 e. The van der Waals surface area contributed by atoms with Gasteiger partial charge in [0.2, 0.25) is 0 Å². The Morgan fingerprint density at radius 2 is 1.89 bits per heavy atom. The zero-order chi connectivity index (χ0) is 13.0. The molecule has 1 aliphatic heterocycles. The highest BCUT2D eigenvalue weighted by Crippen LogP contribution is 2.17. The molecule has 0 N–H and O–H groups in total. The number of rotatable bonds is 4. The molecule has 0 saturated carbocycles. The molecule has 98 valence electrons. The largest absolute Gasteiger partial charge is 0.379 e. The highest BCUT2D eigenvalue weighted by molar-refractivity contribution is 7.98. The highest BCUT2D eigenvalue weighted by Gasteiger charge is 2.23. The lowest BCUT2D eigenvalue weighted by atomic mass is 10.0. The van der Waals surface area contributed by atoms with Crippen molar-refractivity contribution in [2.45, 2.75) is 17.9 Å². The second kappa shape index (κ2) is 6.36. The van der Waals surface area contributed by atoms with Crippen LogP contribution in [0.1, 0.15) is 17.3 Å². The number of ketones is 1. The predicted octanol–water partition coefficient (Wildman–Crippen LogP) is 2.31. The van der Waals surface area contributed by atoms with Crippen LogP contribution in [0.25, 0.3) is 0 Å². The second-order valence-corrected chi connectivity index (χ2v) is 5.30. The van der Waals surface area contributed by atoms with Crippen LogP contribution < -0.4 is 0 Å². The number of thioether (sulfide) groups is 1. The molecule has 1 atom stereocenters. The maximum atomic E-state index is 12.4. The number of Topliss-reactive ketones (excluding diaryl/α,β-unsaturated/α-hetero) is 1. The van der Waals surface area contributed by atoms with Gasteiger partial charge in [0.1, 0.15) is 0 Å². The lowest BCUT2D eigenvalue weighted by Crippen LogP contribution is -2.45. The summed E-state index contributed by atoms with van der Waals surface area (Å²) in [7, 11) is 0. The van der Waals surface area contributed by atoms with Gasteiger partial charge in [0.15, 0.2) is 5.78 Å². The topological polar surface area (TPSA) is 29.5 Å². The molecular formula is C14H19NO2S. The third kappa shape index (κ3) is 3.13. The van der Waals surface area contributed by atoms with E-state index in [0.717, 1.165) is 31.9 Å². The Morgan fingerprint density at radius 3 is 2.44 bits per heavy atom. The van der Waals surface area contributed by atoms with Crippen LogP contribution in [0.2, 0.25) is 0 Å². The van der Waals surface area contributed by atoms with Crippen molar-refractivity contribution in [1.29, 1.82) is 0 Å². The molecule has 1 aliphatic rings. The molecule has 1 aromatic rings. The van der Waals surface area contributed by atoms with Crippen LogP contribution in [0.5, 0.6) is 0 Å². The van der Waals surface area contributed by atoms with E-state index in [4.69, 9.17) is 4.74 Å². The Balaban J connectivity index is 2.04. The number of nitrogens with zero attached hydrogens (tertiary/aromatic N) is 1. The van der Waals surface area contributed by atoms with E-state index in [1.807, 2.05) is 37.4 Å². The van der Waals surface area contributed by atoms with Crippen LogP contribution in [0.4, 0.5) is 0 Å². The monoisotopic (exact) mass is 265 g/mol. The van der Waals surface area contributed by atoms with Gasteiger partial charge in [-0.25, -0.2) is 0 Å². The second-order valence-electron chi connectivity index (χ2n) is 4.42. The van der Waals surface area contributed by atoms with Gasteiger partial charge < -0.3 is 4.74 Å². The molecule has 1 saturated heterocycles. The predicted molar refractivity (Wildman–Crippen MR) is 74.4 cm³/mol. The molecule has 18 heavy (non-hydrogen) atoms. The fourth-order valence-corrected chi connectivity index (χ4v) is 2.54. The SMILES string of the molecule is CSc1ccc(C(=O)C(C)N2CCOCC2)cc1. The smallest absolute Gasteiger partial charge is 0.179 e. The molecule has 0 radical (unpaired) electrons. The first-order chi connectivity index (χ1) is 8.72. The van der Waals surface area contributed by atoms with Crippen molar-refractivity contribution in [2.24, 2.45) is 0 Å². The van der Waals surface area contributed by atoms with E-state index in [-0.39, 0.29) is 11.8 Å². The minimum atomic E-state index is -0.0611. The van der Waals surface area contributed by atoms with Crippen molar-refractivity contribution >= 4 is 17.5 Å². The molecular weight excluding hydrogens is 246 g/mol. The van der Waals surface area contributed by atoms with E-state index < -0.39 is 0 Å². The van der Waals surface area contributed by atoms with Crippen LogP contribution in [0, 0.1) is 0 Å². The van der Waals surface area contributed by atoms with Gasteiger partial charge in [0.05, 0.1) is 19.3 Å². The quantitative estimate of drug-likeness (QED) is 0.617. The van der Waals surface area contributed by atoms with Gasteiger partial charge in [-0.2, -0.15) is 0 Å². The summed E-state index contributed by atoms with van der Waals surface area (Å²) >= 11 is 1.69. The van der Waals surface area contributed by atoms with Crippen molar-refractivity contribution in [1.82, 2.24) is 4.90 Å². The van der Waals surface area contributed by atoms with Gasteiger partial charge in [-0.3, -0.25) is 9.69 Å². The summed E-state index contributed by atoms with van der Waals surface area (Å²) in [6.45, 7) is 5.12. The van der Waals surface area contributed by atoms with Crippen LogP contribution in [0.3, 0.4) is 0 Å². The van der Waals surface area contributed by atoms with Crippen molar-refractivity contribution in [3.05, 3.63) is 29.8 Å². The van der Waals surface area contributed by atoms with Gasteiger partial charge in [0, 0.05) is 23.5 Å². The summed E-state index contributed by atoms with van der Waals surface area (Å²) < 4.78 is 5.31. The molecule has 0 bridgehead atoms. The van der Waals surface area contributed by atoms with Crippen LogP contribution in [0.15, 0.2) is 29.2 Å². The van der Waals surface area contributed by atoms with Crippen molar-refractivity contribution in [3.8, 4) is 0 Å². The van der Waals surface area contributed by atoms with E-state index in [2.05, 4.69) is 4.90 Å². The van der Waals surface area contributed by atoms with Gasteiger partial charge in [-0.1, -0.05) is 12.1 Å². The minimum absolute atomic E-state index is 0.0611. The lowest BCUT2D eigenvalue weighted by Gasteiger charge is -2.31. The summed E-state index contributed by atoms with van der Waals surface area (Å²) in [6.07, 6.45) is 2.03. The molecule has 0 amide bonds. The maximum absolute atomic E-state index is 12.4. The summed E-state index contributed by atoms with van der Waals surface area (Å²) in [6, 6.07) is 7.79. The third-order valence-electron chi connectivity index (χ3n) is 3.35. The third-order valence-corrected chi connectivity index (χ3v) is 4.09. The summed E-state index contributed by atoms with van der Waals surface area (Å²) in [5, 5.41) is 0. The number of carbonyl (C=O) groups excluding carboxylic acids is 1. The van der Waals surface area contributed by atoms with Crippen molar-refractivity contribution in [3.63, 3.8) is 0 Å². The molecule has 4 heteroatoms. The molecule has 0 aromatic heterocycles. The average molecular weight is 265 g/mol. The fourth-order valence-electron chi connectivity index (χ4n) is 2.13. The van der Waals surface area contributed by atoms with E-state index in [9.17, 15) is 4.79 Å². The van der Waals surface area contributed by atoms with Gasteiger partial charge in [-0.05, 0) is 25.3 Å². The van der Waals surface area contributed by atoms with Gasteiger partial charge in [-0.15, -0.1) is 11.8 Å². The Bertz CT molecular complexity index is 399. The number of ether oxygens (including phenoxy) is 1. The van der Waals surface area contributed by atoms with Crippen LogP contribution in [-0.4, -0.2) is 49.3 Å². The number of hydrogen-bond acceptors (Lipinski definition) is 4. The molecule has 1 heterocycles. The molecule has 1 aromatic carbocycles. The molecule has 1 fully saturated rings. The van der Waals surface area contributed by atoms with Crippen molar-refractivity contribution in [2.75, 3.05) is 32.6 Å². The summed E-state index contributed by atoms with van der Waals surface area (Å²) in [5.41, 5.74) is 0.798.